The maximum absolute atomic E-state index is 13.0. The first kappa shape index (κ1) is 45.1. The minimum absolute atomic E-state index is 0.00390. The number of nitrogens with one attached hydrogen (secondary N) is 1. The highest BCUT2D eigenvalue weighted by molar-refractivity contribution is 14.1. The molecule has 51 heavy (non-hydrogen) atoms. The van der Waals surface area contributed by atoms with Crippen LogP contribution >= 0.6 is 22.6 Å². The van der Waals surface area contributed by atoms with E-state index < -0.39 is 17.7 Å². The van der Waals surface area contributed by atoms with Crippen LogP contribution in [0.4, 0.5) is 24.5 Å². The lowest BCUT2D eigenvalue weighted by atomic mass is 10.1. The van der Waals surface area contributed by atoms with Crippen LogP contribution in [-0.4, -0.2) is 123 Å². The Morgan fingerprint density at radius 3 is 1.49 bits per heavy atom. The Kier molecular flexibility index (Phi) is 26.8. The van der Waals surface area contributed by atoms with Crippen molar-refractivity contribution in [2.45, 2.75) is 31.9 Å². The lowest BCUT2D eigenvalue weighted by Gasteiger charge is -2.13. The molecule has 0 spiro atoms. The average molecular weight is 844 g/mol. The maximum Gasteiger partial charge on any atom is 0.416 e. The summed E-state index contributed by atoms with van der Waals surface area (Å²) in [5.41, 5.74) is -0.0757. The highest BCUT2D eigenvalue weighted by Crippen LogP contribution is 2.32. The molecule has 0 aromatic heterocycles. The van der Waals surface area contributed by atoms with Gasteiger partial charge >= 0.3 is 12.1 Å². The minimum Gasteiger partial charge on any atom is -0.460 e. The van der Waals surface area contributed by atoms with Gasteiger partial charge in [0.05, 0.1) is 116 Å². The minimum atomic E-state index is -4.47. The Morgan fingerprint density at radius 2 is 1.00 bits per heavy atom. The Bertz CT molecular complexity index is 1150. The van der Waals surface area contributed by atoms with Crippen molar-refractivity contribution in [3.05, 3.63) is 59.7 Å². The van der Waals surface area contributed by atoms with Crippen LogP contribution < -0.4 is 5.32 Å². The number of anilines is 2. The van der Waals surface area contributed by atoms with Crippen molar-refractivity contribution in [3.63, 3.8) is 0 Å². The average Bonchev–Trinajstić information content (AvgIpc) is 3.12. The van der Waals surface area contributed by atoms with Gasteiger partial charge in [0.2, 0.25) is 0 Å². The molecular formula is C36H53F3INO10. The third-order valence-corrected chi connectivity index (χ3v) is 7.62. The summed E-state index contributed by atoms with van der Waals surface area (Å²) in [5.74, 6) is -0.624. The van der Waals surface area contributed by atoms with E-state index in [2.05, 4.69) is 27.9 Å². The molecule has 0 aliphatic rings. The number of unbranched alkanes of at least 4 members (excludes halogenated alkanes) is 3. The number of benzene rings is 2. The molecule has 2 aromatic carbocycles. The molecule has 11 nitrogen and oxygen atoms in total. The summed E-state index contributed by atoms with van der Waals surface area (Å²) in [5, 5.41) is 2.86. The molecule has 0 unspecified atom stereocenters. The van der Waals surface area contributed by atoms with E-state index in [1.807, 2.05) is 0 Å². The molecule has 0 aliphatic heterocycles. The Balaban J connectivity index is 1.32. The van der Waals surface area contributed by atoms with E-state index in [0.717, 1.165) is 25.2 Å². The number of alkyl halides is 4. The number of hydrogen-bond acceptors (Lipinski definition) is 11. The number of carbonyl (C=O) groups excluding carboxylic acids is 1. The predicted molar refractivity (Wildman–Crippen MR) is 195 cm³/mol. The molecule has 0 saturated heterocycles. The third kappa shape index (κ3) is 24.0. The van der Waals surface area contributed by atoms with Crippen LogP contribution in [0.1, 0.15) is 41.6 Å². The van der Waals surface area contributed by atoms with Gasteiger partial charge in [-0.2, -0.15) is 13.2 Å². The summed E-state index contributed by atoms with van der Waals surface area (Å²) in [6, 6.07) is 11.2. The van der Waals surface area contributed by atoms with Crippen molar-refractivity contribution in [1.29, 1.82) is 0 Å². The number of para-hydroxylation sites is 1. The van der Waals surface area contributed by atoms with Crippen LogP contribution in [0.3, 0.4) is 0 Å². The van der Waals surface area contributed by atoms with Gasteiger partial charge in [0.25, 0.3) is 0 Å². The first-order valence-electron chi connectivity index (χ1n) is 17.3. The normalized spacial score (nSPS) is 11.6. The van der Waals surface area contributed by atoms with Gasteiger partial charge in [-0.1, -0.05) is 53.6 Å². The van der Waals surface area contributed by atoms with Gasteiger partial charge in [-0.05, 0) is 47.6 Å². The van der Waals surface area contributed by atoms with Crippen LogP contribution in [0.15, 0.2) is 48.5 Å². The van der Waals surface area contributed by atoms with Crippen LogP contribution in [0.2, 0.25) is 0 Å². The molecule has 0 atom stereocenters. The third-order valence-electron chi connectivity index (χ3n) is 6.85. The van der Waals surface area contributed by atoms with E-state index in [1.165, 1.54) is 41.9 Å². The molecule has 0 aliphatic carbocycles. The van der Waals surface area contributed by atoms with Gasteiger partial charge in [-0.3, -0.25) is 0 Å². The van der Waals surface area contributed by atoms with Crippen LogP contribution in [0, 0.1) is 0 Å². The monoisotopic (exact) mass is 843 g/mol. The fourth-order valence-corrected chi connectivity index (χ4v) is 4.80. The van der Waals surface area contributed by atoms with Crippen molar-refractivity contribution < 1.29 is 60.6 Å². The first-order chi connectivity index (χ1) is 24.9. The molecular weight excluding hydrogens is 790 g/mol. The number of carbonyl (C=O) groups is 1. The molecule has 0 radical (unpaired) electrons. The van der Waals surface area contributed by atoms with Gasteiger partial charge in [0, 0.05) is 12.3 Å². The number of esters is 1. The van der Waals surface area contributed by atoms with E-state index in [9.17, 15) is 18.0 Å². The summed E-state index contributed by atoms with van der Waals surface area (Å²) in [4.78, 5) is 12.6. The van der Waals surface area contributed by atoms with Crippen LogP contribution in [0.25, 0.3) is 0 Å². The van der Waals surface area contributed by atoms with Crippen LogP contribution in [0.5, 0.6) is 0 Å². The van der Waals surface area contributed by atoms with Crippen LogP contribution in [-0.2, 0) is 48.8 Å². The topological polar surface area (TPSA) is 112 Å². The van der Waals surface area contributed by atoms with Gasteiger partial charge in [0.15, 0.2) is 0 Å². The van der Waals surface area contributed by atoms with E-state index in [1.54, 1.807) is 18.2 Å². The second kappa shape index (κ2) is 30.4. The summed E-state index contributed by atoms with van der Waals surface area (Å²) >= 11 is 2.41. The van der Waals surface area contributed by atoms with E-state index in [0.29, 0.717) is 98.2 Å². The summed E-state index contributed by atoms with van der Waals surface area (Å²) < 4.78 is 89.4. The van der Waals surface area contributed by atoms with Crippen molar-refractivity contribution in [1.82, 2.24) is 0 Å². The van der Waals surface area contributed by atoms with Gasteiger partial charge in [-0.25, -0.2) is 4.79 Å². The summed E-state index contributed by atoms with van der Waals surface area (Å²) in [7, 11) is 0. The van der Waals surface area contributed by atoms with E-state index in [4.69, 9.17) is 42.6 Å². The van der Waals surface area contributed by atoms with Crippen molar-refractivity contribution in [2.75, 3.05) is 122 Å². The lowest BCUT2D eigenvalue weighted by Crippen LogP contribution is -2.16. The standard InChI is InChI=1S/C36H53F3INO10/c37-36(38,39)31-8-7-9-32(30-31)41-34-11-4-3-10-33(34)35(42)51-29-28-50-27-26-49-25-24-48-23-22-47-21-20-46-19-18-45-17-16-44-15-14-43-13-6-2-1-5-12-40/h3-4,7-11,30,41H,1-2,5-6,12-29H2. The highest BCUT2D eigenvalue weighted by atomic mass is 127. The summed E-state index contributed by atoms with van der Waals surface area (Å²) in [6.07, 6.45) is 0.432. The molecule has 2 aromatic rings. The maximum atomic E-state index is 13.0. The zero-order valence-electron chi connectivity index (χ0n) is 29.3. The zero-order valence-corrected chi connectivity index (χ0v) is 31.4. The Hall–Kier alpha value is -2.09. The van der Waals surface area contributed by atoms with Crippen molar-refractivity contribution >= 4 is 39.9 Å². The fourth-order valence-electron chi connectivity index (χ4n) is 4.26. The van der Waals surface area contributed by atoms with Crippen molar-refractivity contribution in [3.8, 4) is 0 Å². The van der Waals surface area contributed by atoms with Gasteiger partial charge < -0.3 is 47.9 Å². The molecule has 290 valence electrons. The quantitative estimate of drug-likeness (QED) is 0.0358. The molecule has 15 heteroatoms. The second-order valence-corrected chi connectivity index (χ2v) is 12.0. The smallest absolute Gasteiger partial charge is 0.416 e. The zero-order chi connectivity index (χ0) is 36.7. The number of hydrogen-bond donors (Lipinski definition) is 1. The molecule has 0 amide bonds. The fraction of sp³-hybridized carbons (Fsp3) is 0.639. The number of rotatable bonds is 33. The molecule has 2 rings (SSSR count). The van der Waals surface area contributed by atoms with Crippen molar-refractivity contribution in [2.24, 2.45) is 0 Å². The largest absolute Gasteiger partial charge is 0.460 e. The molecule has 0 saturated carbocycles. The Labute approximate surface area is 313 Å². The first-order valence-corrected chi connectivity index (χ1v) is 18.8. The van der Waals surface area contributed by atoms with E-state index >= 15 is 0 Å². The second-order valence-electron chi connectivity index (χ2n) is 10.9. The lowest BCUT2D eigenvalue weighted by molar-refractivity contribution is -0.137. The SMILES string of the molecule is O=C(OCCOCCOCCOCCOCCOCCOCCOCCOCCCCCCI)c1ccccc1Nc1cccc(C(F)(F)F)c1. The molecule has 0 bridgehead atoms. The highest BCUT2D eigenvalue weighted by Gasteiger charge is 2.30. The molecule has 0 fully saturated rings. The summed E-state index contributed by atoms with van der Waals surface area (Å²) in [6.45, 7) is 7.54. The van der Waals surface area contributed by atoms with Gasteiger partial charge in [0.1, 0.15) is 6.61 Å². The molecule has 1 N–H and O–H groups in total. The number of ether oxygens (including phenoxy) is 9. The predicted octanol–water partition coefficient (Wildman–Crippen LogP) is 6.73. The van der Waals surface area contributed by atoms with E-state index in [-0.39, 0.29) is 24.5 Å². The van der Waals surface area contributed by atoms with Gasteiger partial charge in [-0.15, -0.1) is 0 Å². The number of halogens is 4. The molecule has 0 heterocycles. The Morgan fingerprint density at radius 1 is 0.549 bits per heavy atom.